The summed E-state index contributed by atoms with van der Waals surface area (Å²) in [6.07, 6.45) is 0.526. The Balaban J connectivity index is 0.00000169. The van der Waals surface area contributed by atoms with Crippen LogP contribution in [0.4, 0.5) is 0 Å². The van der Waals surface area contributed by atoms with Crippen LogP contribution >= 0.6 is 0 Å². The molecule has 1 radical (unpaired) electrons. The molecule has 2 atom stereocenters. The monoisotopic (exact) mass is 414 g/mol. The number of aliphatic hydroxyl groups is 1. The van der Waals surface area contributed by atoms with E-state index in [0.29, 0.717) is 6.42 Å². The molecule has 0 aromatic carbocycles. The number of hydrogen-bond donors (Lipinski definition) is 2. The van der Waals surface area contributed by atoms with Crippen molar-refractivity contribution in [1.29, 1.82) is 0 Å². The first-order valence-electron chi connectivity index (χ1n) is 4.43. The van der Waals surface area contributed by atoms with Gasteiger partial charge in [-0.15, -0.1) is 0 Å². The SMILES string of the molecule is CC(C)(C)OC(=O)[C@@]1(N)C[C@@H]1CO.[Ac]. The van der Waals surface area contributed by atoms with Crippen LogP contribution in [0.1, 0.15) is 27.2 Å². The Morgan fingerprint density at radius 2 is 2.14 bits per heavy atom. The molecule has 0 aromatic heterocycles. The normalized spacial score (nSPS) is 30.5. The third kappa shape index (κ3) is 3.45. The van der Waals surface area contributed by atoms with Crippen LogP contribution in [0.2, 0.25) is 0 Å². The molecule has 1 fully saturated rings. The van der Waals surface area contributed by atoms with Crippen molar-refractivity contribution in [3.8, 4) is 0 Å². The molecule has 0 saturated heterocycles. The third-order valence-corrected chi connectivity index (χ3v) is 2.15. The van der Waals surface area contributed by atoms with Gasteiger partial charge in [0, 0.05) is 56.6 Å². The zero-order valence-corrected chi connectivity index (χ0v) is 13.7. The Morgan fingerprint density at radius 3 is 2.43 bits per heavy atom. The standard InChI is InChI=1S/C9H17NO3.Ac/c1-8(2,3)13-7(12)9(10)4-6(9)5-11;/h6,11H,4-5,10H2,1-3H3;/t6-,9-;/m1./s1. The summed E-state index contributed by atoms with van der Waals surface area (Å²) in [6, 6.07) is 0. The maximum absolute atomic E-state index is 11.5. The summed E-state index contributed by atoms with van der Waals surface area (Å²) in [5.74, 6) is -0.526. The molecule has 3 N–H and O–H groups in total. The van der Waals surface area contributed by atoms with Crippen molar-refractivity contribution < 1.29 is 58.7 Å². The molecule has 0 unspecified atom stereocenters. The van der Waals surface area contributed by atoms with Crippen molar-refractivity contribution in [2.45, 2.75) is 38.3 Å². The largest absolute Gasteiger partial charge is 0.459 e. The van der Waals surface area contributed by atoms with Crippen LogP contribution in [0.5, 0.6) is 0 Å². The minimum absolute atomic E-state index is 0. The molecule has 1 aliphatic rings. The van der Waals surface area contributed by atoms with Crippen LogP contribution < -0.4 is 5.73 Å². The molecule has 5 heteroatoms. The van der Waals surface area contributed by atoms with Crippen molar-refractivity contribution in [2.75, 3.05) is 6.61 Å². The predicted molar refractivity (Wildman–Crippen MR) is 48.0 cm³/mol. The summed E-state index contributed by atoms with van der Waals surface area (Å²) in [4.78, 5) is 11.5. The smallest absolute Gasteiger partial charge is 0.327 e. The maximum Gasteiger partial charge on any atom is 0.327 e. The molecule has 79 valence electrons. The van der Waals surface area contributed by atoms with E-state index >= 15 is 0 Å². The fraction of sp³-hybridized carbons (Fsp3) is 0.889. The molecule has 0 aliphatic heterocycles. The Bertz CT molecular complexity index is 227. The van der Waals surface area contributed by atoms with Gasteiger partial charge in [0.15, 0.2) is 0 Å². The quantitative estimate of drug-likeness (QED) is 0.626. The summed E-state index contributed by atoms with van der Waals surface area (Å²) in [6.45, 7) is 5.34. The Morgan fingerprint density at radius 1 is 1.64 bits per heavy atom. The molecule has 0 aromatic rings. The first kappa shape index (κ1) is 14.8. The van der Waals surface area contributed by atoms with Crippen molar-refractivity contribution in [1.82, 2.24) is 0 Å². The van der Waals surface area contributed by atoms with Gasteiger partial charge in [0.2, 0.25) is 0 Å². The minimum Gasteiger partial charge on any atom is -0.459 e. The van der Waals surface area contributed by atoms with Crippen molar-refractivity contribution in [2.24, 2.45) is 11.7 Å². The molecule has 0 heterocycles. The van der Waals surface area contributed by atoms with Crippen LogP contribution in [0, 0.1) is 50.0 Å². The van der Waals surface area contributed by atoms with Gasteiger partial charge in [0.05, 0.1) is 0 Å². The number of carbonyl (C=O) groups excluding carboxylic acids is 1. The molecular weight excluding hydrogens is 397 g/mol. The Hall–Kier alpha value is 0.832. The van der Waals surface area contributed by atoms with Crippen LogP contribution in [-0.2, 0) is 9.53 Å². The van der Waals surface area contributed by atoms with Crippen molar-refractivity contribution in [3.63, 3.8) is 0 Å². The molecule has 1 rings (SSSR count). The molecule has 14 heavy (non-hydrogen) atoms. The zero-order chi connectivity index (χ0) is 10.3. The fourth-order valence-corrected chi connectivity index (χ4v) is 1.20. The second-order valence-electron chi connectivity index (χ2n) is 4.63. The molecule has 4 nitrogen and oxygen atoms in total. The van der Waals surface area contributed by atoms with Crippen molar-refractivity contribution >= 4 is 5.97 Å². The average molecular weight is 414 g/mol. The van der Waals surface area contributed by atoms with E-state index in [2.05, 4.69) is 0 Å². The van der Waals surface area contributed by atoms with Crippen molar-refractivity contribution in [3.05, 3.63) is 0 Å². The van der Waals surface area contributed by atoms with Crippen LogP contribution in [0.3, 0.4) is 0 Å². The van der Waals surface area contributed by atoms with E-state index in [4.69, 9.17) is 15.6 Å². The summed E-state index contributed by atoms with van der Waals surface area (Å²) in [5, 5.41) is 8.80. The summed E-state index contributed by atoms with van der Waals surface area (Å²) < 4.78 is 5.12. The van der Waals surface area contributed by atoms with E-state index in [-0.39, 0.29) is 56.6 Å². The first-order chi connectivity index (χ1) is 5.79. The second kappa shape index (κ2) is 4.78. The Labute approximate surface area is 120 Å². The van der Waals surface area contributed by atoms with Gasteiger partial charge in [-0.1, -0.05) is 0 Å². The Kier molecular flexibility index (Phi) is 5.06. The van der Waals surface area contributed by atoms with E-state index in [1.165, 1.54) is 0 Å². The topological polar surface area (TPSA) is 72.5 Å². The van der Waals surface area contributed by atoms with Gasteiger partial charge in [0.25, 0.3) is 0 Å². The summed E-state index contributed by atoms with van der Waals surface area (Å²) in [7, 11) is 0. The molecule has 1 saturated carbocycles. The van der Waals surface area contributed by atoms with Gasteiger partial charge in [-0.25, -0.2) is 0 Å². The van der Waals surface area contributed by atoms with Gasteiger partial charge >= 0.3 is 5.97 Å². The van der Waals surface area contributed by atoms with Crippen LogP contribution in [0.15, 0.2) is 0 Å². The number of hydrogen-bond acceptors (Lipinski definition) is 4. The molecule has 0 spiro atoms. The summed E-state index contributed by atoms with van der Waals surface area (Å²) in [5.41, 5.74) is 4.28. The number of esters is 1. The second-order valence-corrected chi connectivity index (χ2v) is 4.63. The summed E-state index contributed by atoms with van der Waals surface area (Å²) >= 11 is 0. The number of carbonyl (C=O) groups is 1. The third-order valence-electron chi connectivity index (χ3n) is 2.15. The first-order valence-corrected chi connectivity index (χ1v) is 4.43. The number of rotatable bonds is 2. The number of nitrogens with two attached hydrogens (primary N) is 1. The number of aliphatic hydroxyl groups excluding tert-OH is 1. The van der Waals surface area contributed by atoms with E-state index in [1.807, 2.05) is 0 Å². The molecular formula is C9H17AcNO3. The fourth-order valence-electron chi connectivity index (χ4n) is 1.20. The van der Waals surface area contributed by atoms with E-state index in [9.17, 15) is 4.79 Å². The number of ether oxygens (including phenoxy) is 1. The van der Waals surface area contributed by atoms with Gasteiger partial charge in [-0.05, 0) is 27.2 Å². The molecule has 0 bridgehead atoms. The van der Waals surface area contributed by atoms with Crippen LogP contribution in [-0.4, -0.2) is 28.8 Å². The maximum atomic E-state index is 11.5. The molecule has 0 amide bonds. The van der Waals surface area contributed by atoms with Gasteiger partial charge in [-0.2, -0.15) is 0 Å². The van der Waals surface area contributed by atoms with E-state index in [1.54, 1.807) is 20.8 Å². The minimum atomic E-state index is -0.929. The van der Waals surface area contributed by atoms with E-state index < -0.39 is 17.1 Å². The average Bonchev–Trinajstić information content (AvgIpc) is 2.60. The van der Waals surface area contributed by atoms with Crippen LogP contribution in [0.25, 0.3) is 0 Å². The van der Waals surface area contributed by atoms with Gasteiger partial charge in [0.1, 0.15) is 11.1 Å². The zero-order valence-electron chi connectivity index (χ0n) is 8.91. The van der Waals surface area contributed by atoms with Gasteiger partial charge < -0.3 is 15.6 Å². The predicted octanol–water partition coefficient (Wildman–Crippen LogP) is 0.0378. The van der Waals surface area contributed by atoms with E-state index in [0.717, 1.165) is 0 Å². The van der Waals surface area contributed by atoms with Gasteiger partial charge in [-0.3, -0.25) is 4.79 Å². The molecule has 1 aliphatic carbocycles.